The van der Waals surface area contributed by atoms with Crippen LogP contribution in [0.1, 0.15) is 41.4 Å². The number of furan rings is 1. The number of carbonyl (C=O) groups is 1. The van der Waals surface area contributed by atoms with Gasteiger partial charge >= 0.3 is 0 Å². The maximum atomic E-state index is 13.3. The van der Waals surface area contributed by atoms with Gasteiger partial charge in [-0.1, -0.05) is 12.1 Å². The van der Waals surface area contributed by atoms with Crippen LogP contribution in [-0.4, -0.2) is 48.4 Å². The van der Waals surface area contributed by atoms with Crippen LogP contribution in [0, 0.1) is 18.7 Å². The molecule has 1 aromatic carbocycles. The monoisotopic (exact) mass is 372 g/mol. The maximum Gasteiger partial charge on any atom is 0.257 e. The van der Waals surface area contributed by atoms with Crippen LogP contribution in [0.25, 0.3) is 0 Å². The Kier molecular flexibility index (Phi) is 6.67. The largest absolute Gasteiger partial charge is 0.469 e. The highest BCUT2D eigenvalue weighted by atomic mass is 19.1. The highest BCUT2D eigenvalue weighted by Gasteiger charge is 2.25. The summed E-state index contributed by atoms with van der Waals surface area (Å²) >= 11 is 0. The fraction of sp³-hybridized carbons (Fsp3) is 0.500. The molecule has 1 aliphatic heterocycles. The van der Waals surface area contributed by atoms with Crippen molar-refractivity contribution in [2.24, 2.45) is 5.92 Å². The van der Waals surface area contributed by atoms with Crippen molar-refractivity contribution in [1.82, 2.24) is 9.80 Å². The minimum absolute atomic E-state index is 0.0561. The predicted molar refractivity (Wildman–Crippen MR) is 104 cm³/mol. The van der Waals surface area contributed by atoms with Gasteiger partial charge < -0.3 is 14.2 Å². The molecule has 1 atom stereocenters. The standard InChI is InChI=1S/C22H29FN2O2/c1-3-25(22(26)21-10-13-27-17(21)2)16-19-7-5-11-24(15-19)12-9-18-6-4-8-20(23)14-18/h4,6,8,10,13-14,19H,3,5,7,9,11-12,15-16H2,1-2H3/t19-/m1/s1. The van der Waals surface area contributed by atoms with E-state index < -0.39 is 0 Å². The number of amides is 1. The number of piperidine rings is 1. The number of carbonyl (C=O) groups excluding carboxylic acids is 1. The highest BCUT2D eigenvalue weighted by Crippen LogP contribution is 2.20. The Morgan fingerprint density at radius 2 is 2.22 bits per heavy atom. The van der Waals surface area contributed by atoms with E-state index in [9.17, 15) is 9.18 Å². The lowest BCUT2D eigenvalue weighted by Gasteiger charge is -2.35. The van der Waals surface area contributed by atoms with Crippen LogP contribution in [0.4, 0.5) is 4.39 Å². The number of nitrogens with zero attached hydrogens (tertiary/aromatic N) is 2. The molecule has 0 radical (unpaired) electrons. The summed E-state index contributed by atoms with van der Waals surface area (Å²) in [6.45, 7) is 8.32. The zero-order valence-corrected chi connectivity index (χ0v) is 16.3. The first-order valence-corrected chi connectivity index (χ1v) is 9.87. The molecule has 146 valence electrons. The van der Waals surface area contributed by atoms with Gasteiger partial charge in [0.15, 0.2) is 0 Å². The molecule has 0 N–H and O–H groups in total. The molecule has 1 aliphatic rings. The van der Waals surface area contributed by atoms with Gasteiger partial charge in [-0.3, -0.25) is 4.79 Å². The predicted octanol–water partition coefficient (Wildman–Crippen LogP) is 4.14. The van der Waals surface area contributed by atoms with Crippen molar-refractivity contribution in [2.45, 2.75) is 33.1 Å². The van der Waals surface area contributed by atoms with Crippen molar-refractivity contribution in [1.29, 1.82) is 0 Å². The van der Waals surface area contributed by atoms with Crippen molar-refractivity contribution in [3.63, 3.8) is 0 Å². The van der Waals surface area contributed by atoms with Gasteiger partial charge in [0.25, 0.3) is 5.91 Å². The summed E-state index contributed by atoms with van der Waals surface area (Å²) in [5.74, 6) is 1.04. The maximum absolute atomic E-state index is 13.3. The second-order valence-corrected chi connectivity index (χ2v) is 7.42. The number of rotatable bonds is 7. The third-order valence-electron chi connectivity index (χ3n) is 5.45. The minimum Gasteiger partial charge on any atom is -0.469 e. The van der Waals surface area contributed by atoms with Crippen LogP contribution in [0.5, 0.6) is 0 Å². The summed E-state index contributed by atoms with van der Waals surface area (Å²) in [5, 5.41) is 0. The van der Waals surface area contributed by atoms with Crippen LogP contribution in [0.3, 0.4) is 0 Å². The molecule has 27 heavy (non-hydrogen) atoms. The Labute approximate surface area is 161 Å². The average molecular weight is 372 g/mol. The van der Waals surface area contributed by atoms with Gasteiger partial charge in [0.2, 0.25) is 0 Å². The third-order valence-corrected chi connectivity index (χ3v) is 5.45. The van der Waals surface area contributed by atoms with Gasteiger partial charge in [-0.05, 0) is 69.3 Å². The van der Waals surface area contributed by atoms with Gasteiger partial charge in [0.05, 0.1) is 11.8 Å². The topological polar surface area (TPSA) is 36.7 Å². The van der Waals surface area contributed by atoms with Crippen LogP contribution in [-0.2, 0) is 6.42 Å². The molecule has 2 heterocycles. The zero-order chi connectivity index (χ0) is 19.2. The fourth-order valence-electron chi connectivity index (χ4n) is 3.93. The zero-order valence-electron chi connectivity index (χ0n) is 16.3. The van der Waals surface area contributed by atoms with Gasteiger partial charge in [-0.2, -0.15) is 0 Å². The quantitative estimate of drug-likeness (QED) is 0.733. The molecular weight excluding hydrogens is 343 g/mol. The van der Waals surface area contributed by atoms with Gasteiger partial charge in [-0.15, -0.1) is 0 Å². The molecule has 0 bridgehead atoms. The first-order valence-electron chi connectivity index (χ1n) is 9.87. The van der Waals surface area contributed by atoms with E-state index in [0.29, 0.717) is 23.8 Å². The van der Waals surface area contributed by atoms with E-state index in [-0.39, 0.29) is 11.7 Å². The lowest BCUT2D eigenvalue weighted by Crippen LogP contribution is -2.43. The molecule has 0 aliphatic carbocycles. The van der Waals surface area contributed by atoms with Crippen molar-refractivity contribution in [3.8, 4) is 0 Å². The van der Waals surface area contributed by atoms with Crippen molar-refractivity contribution >= 4 is 5.91 Å². The van der Waals surface area contributed by atoms with E-state index in [1.54, 1.807) is 24.5 Å². The number of hydrogen-bond acceptors (Lipinski definition) is 3. The Balaban J connectivity index is 1.54. The molecule has 2 aromatic rings. The molecule has 5 heteroatoms. The number of benzene rings is 1. The summed E-state index contributed by atoms with van der Waals surface area (Å²) in [6, 6.07) is 8.61. The summed E-state index contributed by atoms with van der Waals surface area (Å²) in [7, 11) is 0. The molecule has 4 nitrogen and oxygen atoms in total. The molecule has 0 spiro atoms. The molecule has 1 saturated heterocycles. The molecule has 1 fully saturated rings. The highest BCUT2D eigenvalue weighted by molar-refractivity contribution is 5.95. The van der Waals surface area contributed by atoms with E-state index in [1.807, 2.05) is 24.8 Å². The van der Waals surface area contributed by atoms with E-state index in [2.05, 4.69) is 4.90 Å². The first-order chi connectivity index (χ1) is 13.1. The van der Waals surface area contributed by atoms with Crippen LogP contribution in [0.15, 0.2) is 41.0 Å². The normalized spacial score (nSPS) is 17.8. The summed E-state index contributed by atoms with van der Waals surface area (Å²) in [4.78, 5) is 17.1. The molecule has 1 amide bonds. The smallest absolute Gasteiger partial charge is 0.257 e. The van der Waals surface area contributed by atoms with Crippen LogP contribution >= 0.6 is 0 Å². The Hall–Kier alpha value is -2.14. The van der Waals surface area contributed by atoms with Gasteiger partial charge in [-0.25, -0.2) is 4.39 Å². The molecule has 3 rings (SSSR count). The first kappa shape index (κ1) is 19.6. The number of likely N-dealkylation sites (tertiary alicyclic amines) is 1. The molecular formula is C22H29FN2O2. The van der Waals surface area contributed by atoms with Crippen LogP contribution < -0.4 is 0 Å². The minimum atomic E-state index is -0.171. The number of halogens is 1. The fourth-order valence-corrected chi connectivity index (χ4v) is 3.93. The summed E-state index contributed by atoms with van der Waals surface area (Å²) in [5.41, 5.74) is 1.70. The van der Waals surface area contributed by atoms with Gasteiger partial charge in [0.1, 0.15) is 11.6 Å². The van der Waals surface area contributed by atoms with Crippen molar-refractivity contribution in [3.05, 3.63) is 59.3 Å². The Morgan fingerprint density at radius 3 is 2.93 bits per heavy atom. The lowest BCUT2D eigenvalue weighted by atomic mass is 9.96. The third kappa shape index (κ3) is 5.19. The molecule has 1 aromatic heterocycles. The van der Waals surface area contributed by atoms with Gasteiger partial charge in [0, 0.05) is 26.2 Å². The SMILES string of the molecule is CCN(C[C@@H]1CCCN(CCc2cccc(F)c2)C1)C(=O)c1ccoc1C. The second-order valence-electron chi connectivity index (χ2n) is 7.42. The summed E-state index contributed by atoms with van der Waals surface area (Å²) in [6.07, 6.45) is 4.72. The van der Waals surface area contributed by atoms with E-state index >= 15 is 0 Å². The lowest BCUT2D eigenvalue weighted by molar-refractivity contribution is 0.0689. The van der Waals surface area contributed by atoms with Crippen LogP contribution in [0.2, 0.25) is 0 Å². The molecule has 0 unspecified atom stereocenters. The van der Waals surface area contributed by atoms with E-state index in [4.69, 9.17) is 4.42 Å². The number of aryl methyl sites for hydroxylation is 1. The Bertz CT molecular complexity index is 758. The molecule has 0 saturated carbocycles. The van der Waals surface area contributed by atoms with E-state index in [1.165, 1.54) is 6.07 Å². The second kappa shape index (κ2) is 9.18. The van der Waals surface area contributed by atoms with Crippen molar-refractivity contribution < 1.29 is 13.6 Å². The number of hydrogen-bond donors (Lipinski definition) is 0. The Morgan fingerprint density at radius 1 is 1.37 bits per heavy atom. The average Bonchev–Trinajstić information content (AvgIpc) is 3.10. The van der Waals surface area contributed by atoms with E-state index in [0.717, 1.165) is 51.0 Å². The summed E-state index contributed by atoms with van der Waals surface area (Å²) < 4.78 is 18.6. The van der Waals surface area contributed by atoms with Crippen molar-refractivity contribution in [2.75, 3.05) is 32.7 Å².